The Morgan fingerprint density at radius 3 is 2.23 bits per heavy atom. The van der Waals surface area contributed by atoms with Gasteiger partial charge in [-0.2, -0.15) is 0 Å². The van der Waals surface area contributed by atoms with Gasteiger partial charge in [-0.1, -0.05) is 20.8 Å². The number of methoxy groups -OCH3 is 1. The lowest BCUT2D eigenvalue weighted by molar-refractivity contribution is -0.167. The summed E-state index contributed by atoms with van der Waals surface area (Å²) in [4.78, 5) is 24.3. The predicted molar refractivity (Wildman–Crippen MR) is 190 cm³/mol. The second-order valence-electron chi connectivity index (χ2n) is 16.5. The molecule has 0 bridgehead atoms. The number of amides is 1. The van der Waals surface area contributed by atoms with Crippen molar-refractivity contribution in [1.29, 1.82) is 0 Å². The van der Waals surface area contributed by atoms with Crippen molar-refractivity contribution in [2.75, 3.05) is 46.4 Å². The molecule has 9 nitrogen and oxygen atoms in total. The Balaban J connectivity index is 1.20. The number of nitrogens with one attached hydrogen (secondary N) is 4. The van der Waals surface area contributed by atoms with Gasteiger partial charge in [0.1, 0.15) is 6.04 Å². The summed E-state index contributed by atoms with van der Waals surface area (Å²) < 4.78 is 4.75. The zero-order valence-electron chi connectivity index (χ0n) is 30.6. The van der Waals surface area contributed by atoms with E-state index in [0.717, 1.165) is 65.0 Å². The molecule has 0 heterocycles. The molecule has 4 unspecified atom stereocenters. The highest BCUT2D eigenvalue weighted by molar-refractivity contribution is 5.84. The molecule has 0 aromatic rings. The van der Waals surface area contributed by atoms with Gasteiger partial charge < -0.3 is 36.8 Å². The fraction of sp³-hybridized carbons (Fsp3) is 0.947. The summed E-state index contributed by atoms with van der Waals surface area (Å²) in [7, 11) is 1.35. The fourth-order valence-electron chi connectivity index (χ4n) is 11.0. The van der Waals surface area contributed by atoms with Crippen LogP contribution in [-0.4, -0.2) is 81.5 Å². The lowest BCUT2D eigenvalue weighted by Crippen LogP contribution is -2.59. The van der Waals surface area contributed by atoms with Gasteiger partial charge >= 0.3 is 5.97 Å². The Bertz CT molecular complexity index is 984. The molecule has 4 fully saturated rings. The van der Waals surface area contributed by atoms with Gasteiger partial charge in [0.2, 0.25) is 5.91 Å². The molecule has 272 valence electrons. The molecule has 0 radical (unpaired) electrons. The number of carbonyl (C=O) groups excluding carboxylic acids is 2. The minimum atomic E-state index is -0.613. The van der Waals surface area contributed by atoms with E-state index in [1.807, 2.05) is 0 Å². The number of rotatable bonds is 19. The maximum absolute atomic E-state index is 12.6. The number of carbonyl (C=O) groups is 2. The molecule has 4 aliphatic carbocycles. The van der Waals surface area contributed by atoms with Gasteiger partial charge in [0.15, 0.2) is 0 Å². The van der Waals surface area contributed by atoms with Crippen molar-refractivity contribution >= 4 is 11.9 Å². The minimum absolute atomic E-state index is 0.0737. The van der Waals surface area contributed by atoms with Crippen LogP contribution in [0.25, 0.3) is 0 Å². The third kappa shape index (κ3) is 9.50. The first-order chi connectivity index (χ1) is 22.5. The lowest BCUT2D eigenvalue weighted by atomic mass is 9.43. The first-order valence-electron chi connectivity index (χ1n) is 19.4. The Kier molecular flexibility index (Phi) is 14.9. The first-order valence-corrected chi connectivity index (χ1v) is 19.4. The number of esters is 1. The zero-order chi connectivity index (χ0) is 34.0. The molecule has 7 N–H and O–H groups in total. The SMILES string of the molecule is COC(=O)[C@H](C)NC(=O)CC[C@@H](C)C1CCC2C3C(CC[C@@]21C)[C@@]1(C)CC[C@H](NCCCNCCCCNCCCN)C[C@H]1C[C@H]3O. The van der Waals surface area contributed by atoms with Crippen LogP contribution in [0.5, 0.6) is 0 Å². The fourth-order valence-corrected chi connectivity index (χ4v) is 11.0. The number of unbranched alkanes of at least 4 members (excludes halogenated alkanes) is 1. The van der Waals surface area contributed by atoms with Gasteiger partial charge in [-0.15, -0.1) is 0 Å². The summed E-state index contributed by atoms with van der Waals surface area (Å²) in [5.74, 6) is 2.75. The van der Waals surface area contributed by atoms with Gasteiger partial charge in [0, 0.05) is 12.5 Å². The maximum atomic E-state index is 12.6. The molecule has 4 aliphatic rings. The van der Waals surface area contributed by atoms with Crippen molar-refractivity contribution in [3.05, 3.63) is 0 Å². The molecule has 47 heavy (non-hydrogen) atoms. The monoisotopic (exact) mass is 662 g/mol. The second kappa shape index (κ2) is 18.1. The first kappa shape index (κ1) is 38.5. The van der Waals surface area contributed by atoms with E-state index >= 15 is 0 Å². The van der Waals surface area contributed by atoms with Crippen molar-refractivity contribution in [3.8, 4) is 0 Å². The largest absolute Gasteiger partial charge is 0.467 e. The summed E-state index contributed by atoms with van der Waals surface area (Å²) in [6.07, 6.45) is 15.3. The van der Waals surface area contributed by atoms with Crippen molar-refractivity contribution < 1.29 is 19.4 Å². The molecule has 11 atom stereocenters. The van der Waals surface area contributed by atoms with Crippen LogP contribution < -0.4 is 27.0 Å². The van der Waals surface area contributed by atoms with Gasteiger partial charge in [-0.3, -0.25) is 4.79 Å². The van der Waals surface area contributed by atoms with Crippen molar-refractivity contribution in [1.82, 2.24) is 21.3 Å². The molecule has 0 aromatic carbocycles. The molecule has 9 heteroatoms. The average molecular weight is 662 g/mol. The molecule has 1 amide bonds. The molecule has 0 aliphatic heterocycles. The second-order valence-corrected chi connectivity index (χ2v) is 16.5. The molecule has 0 aromatic heterocycles. The summed E-state index contributed by atoms with van der Waals surface area (Å²) in [5, 5.41) is 25.6. The summed E-state index contributed by atoms with van der Waals surface area (Å²) >= 11 is 0. The number of aliphatic hydroxyl groups is 1. The van der Waals surface area contributed by atoms with Crippen LogP contribution in [0.4, 0.5) is 0 Å². The van der Waals surface area contributed by atoms with E-state index in [2.05, 4.69) is 42.0 Å². The zero-order valence-corrected chi connectivity index (χ0v) is 30.6. The van der Waals surface area contributed by atoms with Crippen molar-refractivity contribution in [2.45, 2.75) is 136 Å². The third-order valence-corrected chi connectivity index (χ3v) is 13.7. The lowest BCUT2D eigenvalue weighted by Gasteiger charge is -2.62. The number of nitrogens with two attached hydrogens (primary N) is 1. The highest BCUT2D eigenvalue weighted by Gasteiger charge is 2.62. The van der Waals surface area contributed by atoms with E-state index in [1.165, 1.54) is 64.9 Å². The topological polar surface area (TPSA) is 138 Å². The smallest absolute Gasteiger partial charge is 0.328 e. The van der Waals surface area contributed by atoms with Gasteiger partial charge in [0.25, 0.3) is 0 Å². The maximum Gasteiger partial charge on any atom is 0.328 e. The van der Waals surface area contributed by atoms with Gasteiger partial charge in [0.05, 0.1) is 13.2 Å². The number of hydrogen-bond donors (Lipinski definition) is 6. The van der Waals surface area contributed by atoms with E-state index in [0.29, 0.717) is 53.4 Å². The summed E-state index contributed by atoms with van der Waals surface area (Å²) in [6, 6.07) is -0.0348. The molecule has 0 saturated heterocycles. The Morgan fingerprint density at radius 1 is 0.872 bits per heavy atom. The number of aliphatic hydroxyl groups excluding tert-OH is 1. The Hall–Kier alpha value is -1.26. The van der Waals surface area contributed by atoms with Crippen LogP contribution in [0.1, 0.15) is 118 Å². The minimum Gasteiger partial charge on any atom is -0.467 e. The summed E-state index contributed by atoms with van der Waals surface area (Å²) in [5.41, 5.74) is 6.11. The summed E-state index contributed by atoms with van der Waals surface area (Å²) in [6.45, 7) is 15.2. The van der Waals surface area contributed by atoms with Crippen LogP contribution in [0.2, 0.25) is 0 Å². The van der Waals surface area contributed by atoms with E-state index in [9.17, 15) is 14.7 Å². The van der Waals surface area contributed by atoms with E-state index in [1.54, 1.807) is 6.92 Å². The third-order valence-electron chi connectivity index (χ3n) is 13.7. The van der Waals surface area contributed by atoms with Crippen LogP contribution in [-0.2, 0) is 14.3 Å². The van der Waals surface area contributed by atoms with Crippen LogP contribution in [0, 0.1) is 46.3 Å². The number of hydrogen-bond acceptors (Lipinski definition) is 8. The van der Waals surface area contributed by atoms with E-state index in [-0.39, 0.29) is 17.4 Å². The van der Waals surface area contributed by atoms with Crippen molar-refractivity contribution in [3.63, 3.8) is 0 Å². The van der Waals surface area contributed by atoms with E-state index < -0.39 is 12.0 Å². The van der Waals surface area contributed by atoms with Crippen LogP contribution >= 0.6 is 0 Å². The van der Waals surface area contributed by atoms with Gasteiger partial charge in [-0.05, 0) is 176 Å². The van der Waals surface area contributed by atoms with Crippen LogP contribution in [0.3, 0.4) is 0 Å². The average Bonchev–Trinajstić information content (AvgIpc) is 3.41. The Labute approximate surface area is 286 Å². The van der Waals surface area contributed by atoms with Crippen molar-refractivity contribution in [2.24, 2.45) is 52.1 Å². The molecule has 4 rings (SSSR count). The highest BCUT2D eigenvalue weighted by Crippen LogP contribution is 2.68. The van der Waals surface area contributed by atoms with Crippen LogP contribution in [0.15, 0.2) is 0 Å². The Morgan fingerprint density at radius 2 is 1.53 bits per heavy atom. The van der Waals surface area contributed by atoms with E-state index in [4.69, 9.17) is 10.5 Å². The predicted octanol–water partition coefficient (Wildman–Crippen LogP) is 4.37. The normalized spacial score (nSPS) is 36.1. The standard InChI is InChI=1S/C38H71N5O4/c1-26(10-13-34(45)43-27(2)36(46)47-5)30-11-12-31-35-32(15-17-38(30,31)4)37(3)16-14-29(24-28(37)25-33(35)44)42-23-9-22-41-20-7-6-19-40-21-8-18-39/h26-33,35,40-42,44H,6-25,39H2,1-5H3,(H,43,45)/t26-,27+,28+,29+,30?,31?,32?,33-,35?,37+,38-/m1/s1. The molecular weight excluding hydrogens is 590 g/mol. The molecule has 0 spiro atoms. The molecule has 4 saturated carbocycles. The molecular formula is C38H71N5O4. The number of ether oxygens (including phenoxy) is 1. The number of fused-ring (bicyclic) bond motifs is 5. The quantitative estimate of drug-likeness (QED) is 0.0888. The highest BCUT2D eigenvalue weighted by atomic mass is 16.5. The van der Waals surface area contributed by atoms with Gasteiger partial charge in [-0.25, -0.2) is 4.79 Å².